The number of halogens is 3. The van der Waals surface area contributed by atoms with E-state index in [0.29, 0.717) is 13.1 Å². The molecular formula is C16H20F3N3O2. The Morgan fingerprint density at radius 3 is 2.71 bits per heavy atom. The molecule has 1 spiro atoms. The fourth-order valence-corrected chi connectivity index (χ4v) is 3.56. The van der Waals surface area contributed by atoms with Crippen LogP contribution in [0.2, 0.25) is 0 Å². The van der Waals surface area contributed by atoms with Gasteiger partial charge in [0.25, 0.3) is 5.91 Å². The first-order chi connectivity index (χ1) is 11.3. The first-order valence-electron chi connectivity index (χ1n) is 8.02. The molecule has 0 aromatic carbocycles. The summed E-state index contributed by atoms with van der Waals surface area (Å²) in [5, 5.41) is 12.6. The van der Waals surface area contributed by atoms with E-state index in [0.717, 1.165) is 50.7 Å². The molecule has 132 valence electrons. The predicted molar refractivity (Wildman–Crippen MR) is 80.3 cm³/mol. The van der Waals surface area contributed by atoms with Crippen LogP contribution in [0.15, 0.2) is 18.3 Å². The smallest absolute Gasteiger partial charge is 0.379 e. The summed E-state index contributed by atoms with van der Waals surface area (Å²) in [7, 11) is 0. The SMILES string of the molecule is O=C(c1cc(C(O)C(F)(F)F)ccn1)N1CCC2(CCNCC2)C1. The Morgan fingerprint density at radius 2 is 2.04 bits per heavy atom. The number of pyridine rings is 1. The quantitative estimate of drug-likeness (QED) is 0.861. The molecule has 3 heterocycles. The van der Waals surface area contributed by atoms with Crippen molar-refractivity contribution in [3.05, 3.63) is 29.6 Å². The van der Waals surface area contributed by atoms with Gasteiger partial charge in [0.15, 0.2) is 6.10 Å². The summed E-state index contributed by atoms with van der Waals surface area (Å²) in [4.78, 5) is 18.1. The summed E-state index contributed by atoms with van der Waals surface area (Å²) in [5.74, 6) is -0.373. The molecule has 1 aromatic rings. The topological polar surface area (TPSA) is 65.5 Å². The van der Waals surface area contributed by atoms with Gasteiger partial charge in [-0.25, -0.2) is 0 Å². The lowest BCUT2D eigenvalue weighted by molar-refractivity contribution is -0.206. The van der Waals surface area contributed by atoms with Crippen molar-refractivity contribution in [2.24, 2.45) is 5.41 Å². The first kappa shape index (κ1) is 17.2. The van der Waals surface area contributed by atoms with Crippen LogP contribution in [0.5, 0.6) is 0 Å². The maximum atomic E-state index is 12.6. The van der Waals surface area contributed by atoms with E-state index >= 15 is 0 Å². The minimum absolute atomic E-state index is 0.0539. The summed E-state index contributed by atoms with van der Waals surface area (Å²) in [6.07, 6.45) is -3.34. The fourth-order valence-electron chi connectivity index (χ4n) is 3.56. The van der Waals surface area contributed by atoms with E-state index < -0.39 is 12.3 Å². The zero-order valence-electron chi connectivity index (χ0n) is 13.1. The zero-order valence-corrected chi connectivity index (χ0v) is 13.1. The Kier molecular flexibility index (Phi) is 4.52. The number of rotatable bonds is 2. The summed E-state index contributed by atoms with van der Waals surface area (Å²) < 4.78 is 37.9. The number of likely N-dealkylation sites (tertiary alicyclic amines) is 1. The van der Waals surface area contributed by atoms with Crippen molar-refractivity contribution >= 4 is 5.91 Å². The Hall–Kier alpha value is -1.67. The van der Waals surface area contributed by atoms with E-state index in [1.165, 1.54) is 0 Å². The number of alkyl halides is 3. The minimum Gasteiger partial charge on any atom is -0.379 e. The average Bonchev–Trinajstić information content (AvgIpc) is 2.97. The van der Waals surface area contributed by atoms with Gasteiger partial charge in [0.2, 0.25) is 0 Å². The number of hydrogen-bond donors (Lipinski definition) is 2. The first-order valence-corrected chi connectivity index (χ1v) is 8.02. The highest BCUT2D eigenvalue weighted by atomic mass is 19.4. The van der Waals surface area contributed by atoms with Gasteiger partial charge in [-0.1, -0.05) is 0 Å². The summed E-state index contributed by atoms with van der Waals surface area (Å²) in [6, 6.07) is 2.11. The molecule has 1 atom stereocenters. The van der Waals surface area contributed by atoms with Crippen LogP contribution in [-0.2, 0) is 0 Å². The van der Waals surface area contributed by atoms with Crippen LogP contribution in [0.3, 0.4) is 0 Å². The second kappa shape index (κ2) is 6.33. The molecule has 1 aromatic heterocycles. The van der Waals surface area contributed by atoms with Crippen LogP contribution in [0.4, 0.5) is 13.2 Å². The van der Waals surface area contributed by atoms with Crippen LogP contribution in [-0.4, -0.2) is 53.3 Å². The second-order valence-corrected chi connectivity index (χ2v) is 6.65. The maximum absolute atomic E-state index is 12.6. The third-order valence-corrected chi connectivity index (χ3v) is 5.02. The molecule has 0 saturated carbocycles. The standard InChI is InChI=1S/C16H20F3N3O2/c17-16(18,19)13(23)11-1-5-21-12(9-11)14(24)22-8-4-15(10-22)2-6-20-7-3-15/h1,5,9,13,20,23H,2-4,6-8,10H2. The van der Waals surface area contributed by atoms with Gasteiger partial charge in [-0.15, -0.1) is 0 Å². The average molecular weight is 343 g/mol. The van der Waals surface area contributed by atoms with Crippen LogP contribution in [0.1, 0.15) is 41.4 Å². The molecule has 24 heavy (non-hydrogen) atoms. The maximum Gasteiger partial charge on any atom is 0.418 e. The van der Waals surface area contributed by atoms with E-state index in [4.69, 9.17) is 0 Å². The van der Waals surface area contributed by atoms with Crippen molar-refractivity contribution in [1.82, 2.24) is 15.2 Å². The molecule has 1 amide bonds. The lowest BCUT2D eigenvalue weighted by Gasteiger charge is -2.33. The third kappa shape index (κ3) is 3.39. The number of carbonyl (C=O) groups excluding carboxylic acids is 1. The molecule has 2 aliphatic rings. The van der Waals surface area contributed by atoms with Gasteiger partial charge >= 0.3 is 6.18 Å². The largest absolute Gasteiger partial charge is 0.418 e. The molecule has 8 heteroatoms. The van der Waals surface area contributed by atoms with Crippen LogP contribution in [0.25, 0.3) is 0 Å². The minimum atomic E-state index is -4.77. The highest BCUT2D eigenvalue weighted by Crippen LogP contribution is 2.39. The third-order valence-electron chi connectivity index (χ3n) is 5.02. The highest BCUT2D eigenvalue weighted by molar-refractivity contribution is 5.92. The van der Waals surface area contributed by atoms with Gasteiger partial charge in [0.1, 0.15) is 5.69 Å². The Bertz CT molecular complexity index is 615. The molecule has 2 N–H and O–H groups in total. The van der Waals surface area contributed by atoms with Gasteiger partial charge in [-0.3, -0.25) is 9.78 Å². The lowest BCUT2D eigenvalue weighted by atomic mass is 9.78. The van der Waals surface area contributed by atoms with E-state index in [-0.39, 0.29) is 22.6 Å². The Morgan fingerprint density at radius 1 is 1.33 bits per heavy atom. The summed E-state index contributed by atoms with van der Waals surface area (Å²) >= 11 is 0. The van der Waals surface area contributed by atoms with E-state index in [1.54, 1.807) is 4.90 Å². The number of carbonyl (C=O) groups is 1. The van der Waals surface area contributed by atoms with Gasteiger partial charge in [-0.2, -0.15) is 13.2 Å². The fraction of sp³-hybridized carbons (Fsp3) is 0.625. The van der Waals surface area contributed by atoms with Gasteiger partial charge in [-0.05, 0) is 55.5 Å². The molecule has 2 aliphatic heterocycles. The van der Waals surface area contributed by atoms with Gasteiger partial charge < -0.3 is 15.3 Å². The molecule has 2 fully saturated rings. The van der Waals surface area contributed by atoms with Crippen molar-refractivity contribution in [3.8, 4) is 0 Å². The van der Waals surface area contributed by atoms with Crippen LogP contribution >= 0.6 is 0 Å². The number of hydrogen-bond acceptors (Lipinski definition) is 4. The van der Waals surface area contributed by atoms with Crippen molar-refractivity contribution in [1.29, 1.82) is 0 Å². The number of amides is 1. The summed E-state index contributed by atoms with van der Waals surface area (Å²) in [6.45, 7) is 3.05. The molecule has 0 bridgehead atoms. The normalized spacial score (nSPS) is 21.9. The Labute approximate surface area is 137 Å². The van der Waals surface area contributed by atoms with Crippen LogP contribution < -0.4 is 5.32 Å². The van der Waals surface area contributed by atoms with Crippen molar-refractivity contribution < 1.29 is 23.1 Å². The Balaban J connectivity index is 1.74. The molecule has 3 rings (SSSR count). The molecule has 0 aliphatic carbocycles. The van der Waals surface area contributed by atoms with Crippen molar-refractivity contribution in [2.75, 3.05) is 26.2 Å². The number of piperidine rings is 1. The second-order valence-electron chi connectivity index (χ2n) is 6.65. The number of aromatic nitrogens is 1. The van der Waals surface area contributed by atoms with Gasteiger partial charge in [0.05, 0.1) is 0 Å². The number of nitrogens with one attached hydrogen (secondary N) is 1. The number of aliphatic hydroxyl groups excluding tert-OH is 1. The van der Waals surface area contributed by atoms with Crippen molar-refractivity contribution in [2.45, 2.75) is 31.5 Å². The molecule has 1 unspecified atom stereocenters. The lowest BCUT2D eigenvalue weighted by Crippen LogP contribution is -2.40. The van der Waals surface area contributed by atoms with E-state index in [1.807, 2.05) is 0 Å². The van der Waals surface area contributed by atoms with Crippen molar-refractivity contribution in [3.63, 3.8) is 0 Å². The predicted octanol–water partition coefficient (Wildman–Crippen LogP) is 1.89. The molecule has 2 saturated heterocycles. The van der Waals surface area contributed by atoms with Gasteiger partial charge in [0, 0.05) is 19.3 Å². The highest BCUT2D eigenvalue weighted by Gasteiger charge is 2.42. The monoisotopic (exact) mass is 343 g/mol. The zero-order chi connectivity index (χ0) is 17.4. The van der Waals surface area contributed by atoms with E-state index in [9.17, 15) is 23.1 Å². The van der Waals surface area contributed by atoms with E-state index in [2.05, 4.69) is 10.3 Å². The van der Waals surface area contributed by atoms with Crippen LogP contribution in [0, 0.1) is 5.41 Å². The molecule has 0 radical (unpaired) electrons. The number of aliphatic hydroxyl groups is 1. The molecule has 5 nitrogen and oxygen atoms in total. The molecular weight excluding hydrogens is 323 g/mol. The number of nitrogens with zero attached hydrogens (tertiary/aromatic N) is 2. The summed E-state index contributed by atoms with van der Waals surface area (Å²) in [5.41, 5.74) is -0.303.